The van der Waals surface area contributed by atoms with Crippen LogP contribution >= 0.6 is 11.3 Å². The number of benzene rings is 2. The summed E-state index contributed by atoms with van der Waals surface area (Å²) in [6.07, 6.45) is -0.130. The predicted octanol–water partition coefficient (Wildman–Crippen LogP) is 4.59. The monoisotopic (exact) mass is 481 g/mol. The van der Waals surface area contributed by atoms with E-state index in [1.54, 1.807) is 18.2 Å². The van der Waals surface area contributed by atoms with E-state index in [1.807, 2.05) is 18.2 Å². The number of hydrogen-bond donors (Lipinski definition) is 2. The number of likely N-dealkylation sites (tertiary alicyclic amines) is 1. The van der Waals surface area contributed by atoms with Gasteiger partial charge in [-0.3, -0.25) is 14.2 Å². The first-order valence-electron chi connectivity index (χ1n) is 10.8. The average molecular weight is 482 g/mol. The van der Waals surface area contributed by atoms with Gasteiger partial charge in [-0.15, -0.1) is 11.3 Å². The van der Waals surface area contributed by atoms with Crippen LogP contribution in [0.1, 0.15) is 21.7 Å². The lowest BCUT2D eigenvalue weighted by molar-refractivity contribution is 0.0770. The van der Waals surface area contributed by atoms with Crippen LogP contribution in [0.25, 0.3) is 15.9 Å². The number of halogens is 2. The molecule has 1 amide bonds. The molecule has 0 radical (unpaired) electrons. The van der Waals surface area contributed by atoms with Crippen molar-refractivity contribution in [1.29, 1.82) is 0 Å². The van der Waals surface area contributed by atoms with Gasteiger partial charge in [-0.05, 0) is 43.7 Å². The third-order valence-corrected chi connectivity index (χ3v) is 7.16. The molecule has 2 N–H and O–H groups in total. The lowest BCUT2D eigenvalue weighted by atomic mass is 10.1. The fourth-order valence-electron chi connectivity index (χ4n) is 4.14. The molecule has 4 aromatic rings. The zero-order valence-electron chi connectivity index (χ0n) is 18.2. The first kappa shape index (κ1) is 22.2. The number of carbonyl (C=O) groups excluding carboxylic acids is 1. The van der Waals surface area contributed by atoms with E-state index in [9.17, 15) is 23.5 Å². The molecule has 34 heavy (non-hydrogen) atoms. The number of para-hydroxylation sites is 1. The van der Waals surface area contributed by atoms with Gasteiger partial charge in [0.05, 0.1) is 23.2 Å². The fraction of sp³-hybridized carbons (Fsp3) is 0.200. The molecule has 6 nitrogen and oxygen atoms in total. The second-order valence-electron chi connectivity index (χ2n) is 8.22. The summed E-state index contributed by atoms with van der Waals surface area (Å²) in [4.78, 5) is 28.6. The maximum absolute atomic E-state index is 14.9. The normalized spacial score (nSPS) is 15.8. The van der Waals surface area contributed by atoms with E-state index in [-0.39, 0.29) is 34.1 Å². The fourth-order valence-corrected chi connectivity index (χ4v) is 5.38. The van der Waals surface area contributed by atoms with Crippen molar-refractivity contribution in [3.63, 3.8) is 0 Å². The number of nitrogens with one attached hydrogen (secondary N) is 1. The van der Waals surface area contributed by atoms with Gasteiger partial charge in [0.25, 0.3) is 11.5 Å². The van der Waals surface area contributed by atoms with Crippen molar-refractivity contribution in [2.45, 2.75) is 19.4 Å². The van der Waals surface area contributed by atoms with Crippen molar-refractivity contribution in [2.75, 3.05) is 18.4 Å². The Morgan fingerprint density at radius 2 is 1.88 bits per heavy atom. The minimum atomic E-state index is -0.759. The van der Waals surface area contributed by atoms with E-state index in [1.165, 1.54) is 28.5 Å². The zero-order valence-corrected chi connectivity index (χ0v) is 19.0. The van der Waals surface area contributed by atoms with E-state index in [0.717, 1.165) is 17.4 Å². The van der Waals surface area contributed by atoms with E-state index < -0.39 is 17.7 Å². The van der Waals surface area contributed by atoms with Crippen molar-refractivity contribution in [3.05, 3.63) is 87.0 Å². The van der Waals surface area contributed by atoms with Crippen molar-refractivity contribution >= 4 is 38.8 Å². The maximum Gasteiger partial charge on any atom is 0.266 e. The maximum atomic E-state index is 14.9. The van der Waals surface area contributed by atoms with Gasteiger partial charge in [0.15, 0.2) is 5.82 Å². The highest BCUT2D eigenvalue weighted by atomic mass is 32.1. The van der Waals surface area contributed by atoms with Crippen LogP contribution in [0, 0.1) is 18.6 Å². The van der Waals surface area contributed by atoms with E-state index in [0.29, 0.717) is 34.6 Å². The Bertz CT molecular complexity index is 1470. The molecule has 0 spiro atoms. The van der Waals surface area contributed by atoms with E-state index in [4.69, 9.17) is 0 Å². The molecule has 0 saturated carbocycles. The molecule has 0 aliphatic carbocycles. The van der Waals surface area contributed by atoms with Crippen LogP contribution in [0.15, 0.2) is 59.4 Å². The minimum absolute atomic E-state index is 0.0200. The quantitative estimate of drug-likeness (QED) is 0.447. The number of carbonyl (C=O) groups is 1. The molecule has 1 atom stereocenters. The summed E-state index contributed by atoms with van der Waals surface area (Å²) >= 11 is 1.12. The molecule has 3 heterocycles. The number of pyridine rings is 1. The molecule has 1 aliphatic rings. The Kier molecular flexibility index (Phi) is 5.66. The number of aliphatic hydroxyl groups is 1. The number of hydrogen-bond acceptors (Lipinski definition) is 5. The first-order chi connectivity index (χ1) is 16.3. The number of thiophene rings is 1. The number of β-amino-alcohol motifs (C(OH)–C–C–N with tert-alkyl or cyclic N) is 1. The molecular weight excluding hydrogens is 460 g/mol. The summed E-state index contributed by atoms with van der Waals surface area (Å²) in [5.41, 5.74) is 0.574. The van der Waals surface area contributed by atoms with Crippen molar-refractivity contribution in [2.24, 2.45) is 0 Å². The zero-order chi connectivity index (χ0) is 24.0. The second kappa shape index (κ2) is 8.66. The molecule has 174 valence electrons. The number of aliphatic hydroxyl groups excluding tert-OH is 1. The summed E-state index contributed by atoms with van der Waals surface area (Å²) in [5, 5.41) is 13.5. The average Bonchev–Trinajstić information content (AvgIpc) is 3.43. The number of aromatic nitrogens is 1. The van der Waals surface area contributed by atoms with Gasteiger partial charge in [0.1, 0.15) is 15.5 Å². The molecule has 1 fully saturated rings. The molecule has 0 bridgehead atoms. The summed E-state index contributed by atoms with van der Waals surface area (Å²) in [5.74, 6) is -1.75. The number of rotatable bonds is 4. The Balaban J connectivity index is 1.73. The summed E-state index contributed by atoms with van der Waals surface area (Å²) in [7, 11) is 0. The van der Waals surface area contributed by atoms with Crippen LogP contribution < -0.4 is 10.9 Å². The van der Waals surface area contributed by atoms with Gasteiger partial charge in [-0.25, -0.2) is 8.78 Å². The molecular formula is C25H21F2N3O3S. The molecule has 9 heteroatoms. The van der Waals surface area contributed by atoms with Crippen molar-refractivity contribution in [3.8, 4) is 5.69 Å². The highest BCUT2D eigenvalue weighted by Gasteiger charge is 2.30. The molecule has 2 aromatic carbocycles. The lowest BCUT2D eigenvalue weighted by Gasteiger charge is -2.16. The molecule has 1 saturated heterocycles. The van der Waals surface area contributed by atoms with Gasteiger partial charge < -0.3 is 15.3 Å². The Morgan fingerprint density at radius 3 is 2.59 bits per heavy atom. The van der Waals surface area contributed by atoms with Gasteiger partial charge in [0.2, 0.25) is 0 Å². The summed E-state index contributed by atoms with van der Waals surface area (Å²) < 4.78 is 30.2. The Labute approximate surface area is 197 Å². The van der Waals surface area contributed by atoms with Crippen molar-refractivity contribution in [1.82, 2.24) is 9.47 Å². The van der Waals surface area contributed by atoms with Crippen LogP contribution in [0.4, 0.5) is 20.2 Å². The van der Waals surface area contributed by atoms with Gasteiger partial charge >= 0.3 is 0 Å². The predicted molar refractivity (Wildman–Crippen MR) is 128 cm³/mol. The van der Waals surface area contributed by atoms with Gasteiger partial charge in [0, 0.05) is 30.1 Å². The topological polar surface area (TPSA) is 74.6 Å². The summed E-state index contributed by atoms with van der Waals surface area (Å²) in [6, 6.07) is 14.5. The van der Waals surface area contributed by atoms with E-state index >= 15 is 0 Å². The lowest BCUT2D eigenvalue weighted by Crippen LogP contribution is -2.29. The number of nitrogens with zero attached hydrogens (tertiary/aromatic N) is 2. The van der Waals surface area contributed by atoms with Crippen LogP contribution in [-0.4, -0.2) is 39.7 Å². The molecule has 1 aliphatic heterocycles. The third-order valence-electron chi connectivity index (χ3n) is 5.98. The van der Waals surface area contributed by atoms with Crippen LogP contribution in [0.2, 0.25) is 0 Å². The second-order valence-corrected chi connectivity index (χ2v) is 9.22. The highest BCUT2D eigenvalue weighted by Crippen LogP contribution is 2.39. The number of fused-ring (bicyclic) bond motifs is 1. The van der Waals surface area contributed by atoms with Gasteiger partial charge in [-0.2, -0.15) is 0 Å². The molecule has 5 rings (SSSR count). The first-order valence-corrected chi connectivity index (χ1v) is 11.6. The van der Waals surface area contributed by atoms with Crippen molar-refractivity contribution < 1.29 is 18.7 Å². The van der Waals surface area contributed by atoms with E-state index in [2.05, 4.69) is 5.32 Å². The Hall–Kier alpha value is -3.56. The summed E-state index contributed by atoms with van der Waals surface area (Å²) in [6.45, 7) is 1.93. The van der Waals surface area contributed by atoms with Crippen LogP contribution in [0.3, 0.4) is 0 Å². The third kappa shape index (κ3) is 3.76. The highest BCUT2D eigenvalue weighted by molar-refractivity contribution is 7.21. The minimum Gasteiger partial charge on any atom is -0.391 e. The standard InChI is InChI=1S/C25H21F2N3O3S/c1-14-18(26)8-9-19(21(14)27)28-22-17-7-10-20(32)30(15-5-3-2-4-6-15)25(17)34-23(22)24(33)29-12-11-16(31)13-29/h2-10,16,28,31H,11-13H2,1H3/t16-/m0/s1. The SMILES string of the molecule is Cc1c(F)ccc(Nc2c(C(=O)N3CC[C@H](O)C3)sc3c2ccc(=O)n3-c2ccccc2)c1F. The van der Waals surface area contributed by atoms with Crippen LogP contribution in [-0.2, 0) is 0 Å². The number of anilines is 2. The molecule has 2 aromatic heterocycles. The van der Waals surface area contributed by atoms with Gasteiger partial charge in [-0.1, -0.05) is 18.2 Å². The number of amides is 1. The largest absolute Gasteiger partial charge is 0.391 e. The molecule has 0 unspecified atom stereocenters. The Morgan fingerprint density at radius 1 is 1.12 bits per heavy atom. The smallest absolute Gasteiger partial charge is 0.266 e. The van der Waals surface area contributed by atoms with Crippen LogP contribution in [0.5, 0.6) is 0 Å².